The zero-order valence-electron chi connectivity index (χ0n) is 13.6. The van der Waals surface area contributed by atoms with Crippen molar-refractivity contribution < 1.29 is 24.6 Å². The minimum atomic E-state index is -1.15. The molecule has 0 aliphatic carbocycles. The van der Waals surface area contributed by atoms with Crippen molar-refractivity contribution in [3.8, 4) is 0 Å². The van der Waals surface area contributed by atoms with E-state index in [1.807, 2.05) is 0 Å². The Kier molecular flexibility index (Phi) is 4.78. The molecule has 0 spiro atoms. The second-order valence-corrected chi connectivity index (χ2v) is 5.73. The molecule has 3 rings (SSSR count). The molecule has 1 aromatic carbocycles. The minimum absolute atomic E-state index is 0.0287. The molecule has 134 valence electrons. The zero-order valence-corrected chi connectivity index (χ0v) is 13.6. The van der Waals surface area contributed by atoms with Crippen LogP contribution in [-0.2, 0) is 4.79 Å². The van der Waals surface area contributed by atoms with Crippen LogP contribution < -0.4 is 4.90 Å². The number of piperazine rings is 1. The third kappa shape index (κ3) is 3.46. The van der Waals surface area contributed by atoms with E-state index >= 15 is 0 Å². The Morgan fingerprint density at radius 1 is 1.00 bits per heavy atom. The van der Waals surface area contributed by atoms with Crippen LogP contribution in [0, 0.1) is 0 Å². The number of nitrogens with zero attached hydrogens (tertiary/aromatic N) is 4. The Hall–Kier alpha value is -3.49. The van der Waals surface area contributed by atoms with Gasteiger partial charge in [0.05, 0.1) is 12.1 Å². The standard InChI is InChI=1S/C17H16N4O5/c22-14(11-3-1-4-12(9-11)15(23)24)21-8-7-20(10-13(21)16(25)26)17-18-5-2-6-19-17/h1-6,9,13H,7-8,10H2,(H,23,24)(H,25,26)/t13-/m1/s1. The maximum absolute atomic E-state index is 12.8. The number of carbonyl (C=O) groups is 3. The highest BCUT2D eigenvalue weighted by molar-refractivity contribution is 5.99. The lowest BCUT2D eigenvalue weighted by atomic mass is 10.1. The molecule has 1 saturated heterocycles. The summed E-state index contributed by atoms with van der Waals surface area (Å²) in [5.41, 5.74) is 0.111. The highest BCUT2D eigenvalue weighted by atomic mass is 16.4. The van der Waals surface area contributed by atoms with Gasteiger partial charge in [0.2, 0.25) is 5.95 Å². The van der Waals surface area contributed by atoms with Gasteiger partial charge < -0.3 is 20.0 Å². The van der Waals surface area contributed by atoms with E-state index in [4.69, 9.17) is 5.11 Å². The molecule has 9 nitrogen and oxygen atoms in total. The summed E-state index contributed by atoms with van der Waals surface area (Å²) in [5.74, 6) is -2.42. The van der Waals surface area contributed by atoms with Gasteiger partial charge in [0.15, 0.2) is 0 Å². The van der Waals surface area contributed by atoms with Gasteiger partial charge in [0, 0.05) is 31.0 Å². The van der Waals surface area contributed by atoms with Crippen molar-refractivity contribution in [2.24, 2.45) is 0 Å². The fraction of sp³-hybridized carbons (Fsp3) is 0.235. The zero-order chi connectivity index (χ0) is 18.7. The number of carbonyl (C=O) groups excluding carboxylic acids is 1. The average Bonchev–Trinajstić information content (AvgIpc) is 2.67. The molecule has 0 unspecified atom stereocenters. The molecule has 1 aliphatic heterocycles. The van der Waals surface area contributed by atoms with Gasteiger partial charge >= 0.3 is 11.9 Å². The highest BCUT2D eigenvalue weighted by Gasteiger charge is 2.36. The van der Waals surface area contributed by atoms with Crippen LogP contribution in [0.2, 0.25) is 0 Å². The lowest BCUT2D eigenvalue weighted by molar-refractivity contribution is -0.142. The Bertz CT molecular complexity index is 842. The predicted octanol–water partition coefficient (Wildman–Crippen LogP) is 0.590. The summed E-state index contributed by atoms with van der Waals surface area (Å²) in [4.78, 5) is 46.7. The van der Waals surface area contributed by atoms with E-state index in [1.165, 1.54) is 29.2 Å². The molecular formula is C17H16N4O5. The first-order chi connectivity index (χ1) is 12.5. The number of carboxylic acids is 2. The van der Waals surface area contributed by atoms with Crippen LogP contribution in [0.25, 0.3) is 0 Å². The summed E-state index contributed by atoms with van der Waals surface area (Å²) < 4.78 is 0. The number of carboxylic acid groups (broad SMARTS) is 2. The first kappa shape index (κ1) is 17.3. The second kappa shape index (κ2) is 7.18. The topological polar surface area (TPSA) is 124 Å². The predicted molar refractivity (Wildman–Crippen MR) is 90.1 cm³/mol. The maximum Gasteiger partial charge on any atom is 0.335 e. The van der Waals surface area contributed by atoms with Gasteiger partial charge in [0.25, 0.3) is 5.91 Å². The van der Waals surface area contributed by atoms with Crippen LogP contribution in [0.5, 0.6) is 0 Å². The Labute approximate surface area is 148 Å². The van der Waals surface area contributed by atoms with Crippen LogP contribution in [0.1, 0.15) is 20.7 Å². The number of benzene rings is 1. The molecule has 1 aromatic heterocycles. The number of aromatic carboxylic acids is 1. The Balaban J connectivity index is 1.83. The first-order valence-corrected chi connectivity index (χ1v) is 7.86. The van der Waals surface area contributed by atoms with E-state index in [-0.39, 0.29) is 24.2 Å². The Morgan fingerprint density at radius 2 is 1.69 bits per heavy atom. The van der Waals surface area contributed by atoms with Crippen LogP contribution in [0.15, 0.2) is 42.7 Å². The van der Waals surface area contributed by atoms with Crippen molar-refractivity contribution in [2.45, 2.75) is 6.04 Å². The number of aliphatic carboxylic acids is 1. The van der Waals surface area contributed by atoms with E-state index in [0.717, 1.165) is 0 Å². The Morgan fingerprint density at radius 3 is 2.35 bits per heavy atom. The molecule has 1 fully saturated rings. The van der Waals surface area contributed by atoms with E-state index in [0.29, 0.717) is 12.5 Å². The van der Waals surface area contributed by atoms with Gasteiger partial charge in [-0.2, -0.15) is 0 Å². The van der Waals surface area contributed by atoms with Crippen molar-refractivity contribution >= 4 is 23.8 Å². The maximum atomic E-state index is 12.8. The number of rotatable bonds is 4. The molecule has 9 heteroatoms. The summed E-state index contributed by atoms with van der Waals surface area (Å²) in [6.07, 6.45) is 3.13. The van der Waals surface area contributed by atoms with Gasteiger partial charge in [0.1, 0.15) is 6.04 Å². The third-order valence-corrected chi connectivity index (χ3v) is 4.12. The van der Waals surface area contributed by atoms with Gasteiger partial charge in [-0.1, -0.05) is 6.07 Å². The smallest absolute Gasteiger partial charge is 0.335 e. The number of hydrogen-bond acceptors (Lipinski definition) is 6. The van der Waals surface area contributed by atoms with Crippen LogP contribution in [-0.4, -0.2) is 68.6 Å². The molecule has 2 heterocycles. The molecule has 26 heavy (non-hydrogen) atoms. The molecule has 1 atom stereocenters. The van der Waals surface area contributed by atoms with E-state index in [9.17, 15) is 19.5 Å². The summed E-state index contributed by atoms with van der Waals surface area (Å²) in [6, 6.07) is 6.12. The number of anilines is 1. The quantitative estimate of drug-likeness (QED) is 0.816. The monoisotopic (exact) mass is 356 g/mol. The third-order valence-electron chi connectivity index (χ3n) is 4.12. The van der Waals surface area contributed by atoms with Crippen molar-refractivity contribution in [2.75, 3.05) is 24.5 Å². The minimum Gasteiger partial charge on any atom is -0.480 e. The van der Waals surface area contributed by atoms with E-state index < -0.39 is 23.9 Å². The van der Waals surface area contributed by atoms with Crippen LogP contribution >= 0.6 is 0 Å². The van der Waals surface area contributed by atoms with Crippen molar-refractivity contribution in [1.29, 1.82) is 0 Å². The van der Waals surface area contributed by atoms with Crippen molar-refractivity contribution in [3.63, 3.8) is 0 Å². The molecular weight excluding hydrogens is 340 g/mol. The molecule has 0 saturated carbocycles. The summed E-state index contributed by atoms with van der Waals surface area (Å²) in [5, 5.41) is 18.6. The largest absolute Gasteiger partial charge is 0.480 e. The number of amides is 1. The van der Waals surface area contributed by atoms with Gasteiger partial charge in [-0.3, -0.25) is 4.79 Å². The van der Waals surface area contributed by atoms with Crippen molar-refractivity contribution in [3.05, 3.63) is 53.9 Å². The normalized spacial score (nSPS) is 17.0. The lowest BCUT2D eigenvalue weighted by Crippen LogP contribution is -2.58. The SMILES string of the molecule is O=C(O)c1cccc(C(=O)N2CCN(c3ncccn3)C[C@@H]2C(=O)O)c1. The van der Waals surface area contributed by atoms with Crippen molar-refractivity contribution in [1.82, 2.24) is 14.9 Å². The van der Waals surface area contributed by atoms with E-state index in [1.54, 1.807) is 23.4 Å². The van der Waals surface area contributed by atoms with Crippen LogP contribution in [0.4, 0.5) is 5.95 Å². The molecule has 2 aromatic rings. The summed E-state index contributed by atoms with van der Waals surface area (Å²) in [6.45, 7) is 0.577. The fourth-order valence-corrected chi connectivity index (χ4v) is 2.82. The lowest BCUT2D eigenvalue weighted by Gasteiger charge is -2.39. The summed E-state index contributed by atoms with van der Waals surface area (Å²) in [7, 11) is 0. The molecule has 0 radical (unpaired) electrons. The van der Waals surface area contributed by atoms with Gasteiger partial charge in [-0.15, -0.1) is 0 Å². The molecule has 2 N–H and O–H groups in total. The van der Waals surface area contributed by atoms with Gasteiger partial charge in [-0.05, 0) is 24.3 Å². The molecule has 0 bridgehead atoms. The average molecular weight is 356 g/mol. The number of hydrogen-bond donors (Lipinski definition) is 2. The summed E-state index contributed by atoms with van der Waals surface area (Å²) >= 11 is 0. The fourth-order valence-electron chi connectivity index (χ4n) is 2.82. The first-order valence-electron chi connectivity index (χ1n) is 7.86. The van der Waals surface area contributed by atoms with Crippen LogP contribution in [0.3, 0.4) is 0 Å². The highest BCUT2D eigenvalue weighted by Crippen LogP contribution is 2.18. The molecule has 1 amide bonds. The molecule has 1 aliphatic rings. The number of aromatic nitrogens is 2. The van der Waals surface area contributed by atoms with Gasteiger partial charge in [-0.25, -0.2) is 19.6 Å². The van der Waals surface area contributed by atoms with E-state index in [2.05, 4.69) is 9.97 Å². The second-order valence-electron chi connectivity index (χ2n) is 5.73.